The highest BCUT2D eigenvalue weighted by Crippen LogP contribution is 2.34. The van der Waals surface area contributed by atoms with Gasteiger partial charge in [0.05, 0.1) is 102 Å². The van der Waals surface area contributed by atoms with Crippen molar-refractivity contribution in [2.45, 2.75) is 64.6 Å². The Kier molecular flexibility index (Phi) is 26.5. The van der Waals surface area contributed by atoms with Crippen LogP contribution in [0.4, 0.5) is 32.5 Å². The maximum atomic E-state index is 13.7. The number of nitrogens with two attached hydrogens (primary N) is 2. The van der Waals surface area contributed by atoms with E-state index in [1.54, 1.807) is 74.8 Å². The first-order valence-electron chi connectivity index (χ1n) is 27.8. The number of alkyl carbamates (subject to hydrolysis) is 1. The Morgan fingerprint density at radius 1 is 0.800 bits per heavy atom. The number of imide groups is 1. The van der Waals surface area contributed by atoms with Crippen LogP contribution < -0.4 is 57.7 Å². The Labute approximate surface area is 491 Å². The predicted molar refractivity (Wildman–Crippen MR) is 310 cm³/mol. The molecule has 4 bridgehead atoms. The Morgan fingerprint density at radius 2 is 1.49 bits per heavy atom. The number of nitrogens with zero attached hydrogens (tertiary/aromatic N) is 5. The number of nitrogen functional groups attached to an aromatic ring is 1. The molecule has 28 heteroatoms. The Morgan fingerprint density at radius 3 is 2.20 bits per heavy atom. The topological polar surface area (TPSA) is 371 Å². The van der Waals surface area contributed by atoms with E-state index >= 15 is 0 Å². The van der Waals surface area contributed by atoms with E-state index in [4.69, 9.17) is 44.6 Å². The van der Waals surface area contributed by atoms with Gasteiger partial charge in [0.15, 0.2) is 23.0 Å². The van der Waals surface area contributed by atoms with Crippen LogP contribution in [-0.4, -0.2) is 179 Å². The Hall–Kier alpha value is -8.99. The van der Waals surface area contributed by atoms with Crippen LogP contribution >= 0.6 is 0 Å². The molecule has 4 aromatic rings. The van der Waals surface area contributed by atoms with Crippen molar-refractivity contribution in [2.24, 2.45) is 11.7 Å². The van der Waals surface area contributed by atoms with Gasteiger partial charge in [-0.3, -0.25) is 38.7 Å². The molecule has 2 atom stereocenters. The fourth-order valence-electron chi connectivity index (χ4n) is 8.33. The molecule has 2 aliphatic rings. The maximum absolute atomic E-state index is 13.7. The summed E-state index contributed by atoms with van der Waals surface area (Å²) < 4.78 is 39.6. The second-order valence-electron chi connectivity index (χ2n) is 19.7. The monoisotopic (exact) mass is 1180 g/mol. The third-order valence-electron chi connectivity index (χ3n) is 12.9. The first-order chi connectivity index (χ1) is 41.1. The highest BCUT2D eigenvalue weighted by Gasteiger charge is 2.29. The largest absolute Gasteiger partial charge is 0.490 e. The van der Waals surface area contributed by atoms with Crippen LogP contribution in [0.5, 0.6) is 11.5 Å². The number of ether oxygens (including phenoxy) is 7. The molecule has 9 amide bonds. The molecule has 0 aliphatic carbocycles. The number of hydrogen-bond donors (Lipinski definition) is 8. The van der Waals surface area contributed by atoms with Crippen LogP contribution in [0.15, 0.2) is 79.3 Å². The second-order valence-corrected chi connectivity index (χ2v) is 19.7. The molecular weight excluding hydrogens is 1110 g/mol. The first-order valence-corrected chi connectivity index (χ1v) is 27.8. The minimum Gasteiger partial charge on any atom is -0.490 e. The lowest BCUT2D eigenvalue weighted by molar-refractivity contribution is -0.137. The van der Waals surface area contributed by atoms with E-state index in [-0.39, 0.29) is 114 Å². The highest BCUT2D eigenvalue weighted by molar-refractivity contribution is 6.13. The summed E-state index contributed by atoms with van der Waals surface area (Å²) in [5.74, 6) is -2.31. The summed E-state index contributed by atoms with van der Waals surface area (Å²) in [4.78, 5) is 117. The van der Waals surface area contributed by atoms with E-state index in [1.165, 1.54) is 18.3 Å². The molecule has 0 radical (unpaired) electrons. The van der Waals surface area contributed by atoms with Crippen molar-refractivity contribution in [3.63, 3.8) is 0 Å². The fourth-order valence-corrected chi connectivity index (χ4v) is 8.33. The van der Waals surface area contributed by atoms with Crippen LogP contribution in [0.3, 0.4) is 0 Å². The van der Waals surface area contributed by atoms with Crippen molar-refractivity contribution in [1.29, 1.82) is 0 Å². The molecule has 85 heavy (non-hydrogen) atoms. The first kappa shape index (κ1) is 65.2. The molecule has 0 unspecified atom stereocenters. The molecule has 10 N–H and O–H groups in total. The molecular formula is C57H75N13O15. The number of carbonyl (C=O) groups excluding carboxylic acids is 8. The summed E-state index contributed by atoms with van der Waals surface area (Å²) >= 11 is 0. The Balaban J connectivity index is 0.882. The lowest BCUT2D eigenvalue weighted by Crippen LogP contribution is -2.54. The number of pyridine rings is 1. The summed E-state index contributed by atoms with van der Waals surface area (Å²) in [5.41, 5.74) is 14.5. The fraction of sp³-hybridized carbons (Fsp3) is 0.456. The number of hydrogen-bond acceptors (Lipinski definition) is 20. The van der Waals surface area contributed by atoms with Crippen molar-refractivity contribution in [1.82, 2.24) is 41.1 Å². The van der Waals surface area contributed by atoms with Gasteiger partial charge in [-0.05, 0) is 73.6 Å². The molecule has 6 rings (SSSR count). The van der Waals surface area contributed by atoms with E-state index in [1.807, 2.05) is 11.9 Å². The number of aromatic nitrogens is 3. The highest BCUT2D eigenvalue weighted by atomic mass is 16.6. The van der Waals surface area contributed by atoms with E-state index < -0.39 is 47.8 Å². The average Bonchev–Trinajstić information content (AvgIpc) is 3.43. The number of rotatable bonds is 32. The van der Waals surface area contributed by atoms with Crippen LogP contribution in [0.25, 0.3) is 11.3 Å². The predicted octanol–water partition coefficient (Wildman–Crippen LogP) is 2.68. The van der Waals surface area contributed by atoms with E-state index in [2.05, 4.69) is 46.9 Å². The normalized spacial score (nSPS) is 13.8. The van der Waals surface area contributed by atoms with E-state index in [0.717, 1.165) is 10.6 Å². The van der Waals surface area contributed by atoms with Gasteiger partial charge >= 0.3 is 12.1 Å². The minimum absolute atomic E-state index is 0.0347. The van der Waals surface area contributed by atoms with E-state index in [0.29, 0.717) is 85.5 Å². The zero-order valence-electron chi connectivity index (χ0n) is 47.9. The standard InChI is InChI=1S/C57H75N13O15/c1-37(2)50(68-47(71)17-25-79-27-29-81-31-32-82-30-28-80-26-22-70-48(72)14-15-49(70)73)54(75)66-41(7-4-18-61-56(59)77)53(74)64-40-11-8-38(9-12-40)36-85-57(78)62-19-5-23-83-45-13-10-39-33-46(45)84-24-6-21-69(3)44-16-20-60-34-43(44)67-55(76)51-52(58)63-35-42(39)65-51/h8-16,20,33-35,37,41,50H,4-7,17-19,21-32,36H2,1-3H3,(H2,58,63)(H,62,78)(H,64,74)(H,66,75)(H,67,76)(H,68,71)(H3,59,61,77)/t41-,50-/m0/s1. The third-order valence-corrected chi connectivity index (χ3v) is 12.9. The molecule has 2 aliphatic heterocycles. The van der Waals surface area contributed by atoms with Gasteiger partial charge in [0, 0.05) is 62.7 Å². The van der Waals surface area contributed by atoms with Gasteiger partial charge in [-0.2, -0.15) is 0 Å². The molecule has 0 saturated heterocycles. The molecule has 4 heterocycles. The average molecular weight is 1180 g/mol. The van der Waals surface area contributed by atoms with Crippen LogP contribution in [-0.2, 0) is 54.3 Å². The van der Waals surface area contributed by atoms with Crippen LogP contribution in [0, 0.1) is 5.92 Å². The van der Waals surface area contributed by atoms with Crippen molar-refractivity contribution in [3.05, 3.63) is 90.5 Å². The molecule has 458 valence electrons. The Bertz CT molecular complexity index is 2910. The van der Waals surface area contributed by atoms with Crippen molar-refractivity contribution in [3.8, 4) is 22.8 Å². The zero-order valence-corrected chi connectivity index (χ0v) is 47.9. The molecule has 2 aromatic heterocycles. The van der Waals surface area contributed by atoms with Crippen LogP contribution in [0.2, 0.25) is 0 Å². The van der Waals surface area contributed by atoms with Gasteiger partial charge < -0.3 is 81.4 Å². The third kappa shape index (κ3) is 21.9. The number of amides is 9. The number of fused-ring (bicyclic) bond motifs is 6. The van der Waals surface area contributed by atoms with Gasteiger partial charge in [0.2, 0.25) is 17.7 Å². The second kappa shape index (κ2) is 34.6. The summed E-state index contributed by atoms with van der Waals surface area (Å²) in [6.07, 6.45) is 7.87. The summed E-state index contributed by atoms with van der Waals surface area (Å²) in [7, 11) is 1.90. The van der Waals surface area contributed by atoms with Gasteiger partial charge in [-0.1, -0.05) is 26.0 Å². The van der Waals surface area contributed by atoms with Gasteiger partial charge in [-0.15, -0.1) is 0 Å². The van der Waals surface area contributed by atoms with Crippen molar-refractivity contribution >= 4 is 70.4 Å². The molecule has 2 aromatic carbocycles. The van der Waals surface area contributed by atoms with Gasteiger partial charge in [0.25, 0.3) is 17.7 Å². The maximum Gasteiger partial charge on any atom is 0.407 e. The number of nitrogens with one attached hydrogen (secondary N) is 6. The molecule has 0 spiro atoms. The smallest absolute Gasteiger partial charge is 0.407 e. The number of primary amides is 1. The quantitative estimate of drug-likeness (QED) is 0.0257. The number of urea groups is 1. The summed E-state index contributed by atoms with van der Waals surface area (Å²) in [6, 6.07) is 10.8. The number of anilines is 4. The summed E-state index contributed by atoms with van der Waals surface area (Å²) in [6.45, 7) is 7.07. The van der Waals surface area contributed by atoms with Crippen molar-refractivity contribution < 1.29 is 71.5 Å². The van der Waals surface area contributed by atoms with Crippen molar-refractivity contribution in [2.75, 3.05) is 121 Å². The molecule has 0 saturated carbocycles. The van der Waals surface area contributed by atoms with E-state index in [9.17, 15) is 38.4 Å². The van der Waals surface area contributed by atoms with Gasteiger partial charge in [0.1, 0.15) is 18.7 Å². The number of benzene rings is 2. The lowest BCUT2D eigenvalue weighted by Gasteiger charge is -2.25. The molecule has 28 nitrogen and oxygen atoms in total. The molecule has 0 fully saturated rings. The number of carbonyl (C=O) groups is 8. The SMILES string of the molecule is CC(C)[C@H](NC(=O)CCOCCOCCOCCOCCN1C(=O)C=CC1=O)C(=O)N[C@@H](CCCNC(N)=O)C(=O)Nc1ccc(COC(=O)NCCCOc2ccc3cc2OCCCN(C)c2ccncc2NC(=O)c2nc-3cnc2N)cc1. The lowest BCUT2D eigenvalue weighted by atomic mass is 10.0. The zero-order chi connectivity index (χ0) is 60.9. The summed E-state index contributed by atoms with van der Waals surface area (Å²) in [5, 5.41) is 16.3. The van der Waals surface area contributed by atoms with Crippen LogP contribution in [0.1, 0.15) is 62.0 Å². The van der Waals surface area contributed by atoms with Gasteiger partial charge in [-0.25, -0.2) is 19.6 Å². The minimum atomic E-state index is -1.07.